The largest absolute Gasteiger partial charge is 0.508 e. The molecule has 0 heterocycles. The van der Waals surface area contributed by atoms with Crippen LogP contribution in [0.25, 0.3) is 11.1 Å². The van der Waals surface area contributed by atoms with Gasteiger partial charge in [0.05, 0.1) is 0 Å². The molecule has 132 valence electrons. The summed E-state index contributed by atoms with van der Waals surface area (Å²) in [7, 11) is 0. The van der Waals surface area contributed by atoms with Gasteiger partial charge in [-0.25, -0.2) is 0 Å². The van der Waals surface area contributed by atoms with Crippen LogP contribution in [0.4, 0.5) is 0 Å². The maximum atomic E-state index is 8.63. The molecule has 3 aromatic carbocycles. The molecule has 25 heavy (non-hydrogen) atoms. The number of phenolic OH excluding ortho intramolecular Hbond substituents is 1. The van der Waals surface area contributed by atoms with Gasteiger partial charge in [0.25, 0.3) is 0 Å². The molecule has 0 saturated carbocycles. The summed E-state index contributed by atoms with van der Waals surface area (Å²) in [5.41, 5.74) is 5.41. The molecule has 1 nitrogen and oxygen atoms in total. The third-order valence-electron chi connectivity index (χ3n) is 3.81. The van der Waals surface area contributed by atoms with Crippen molar-refractivity contribution < 1.29 is 5.11 Å². The van der Waals surface area contributed by atoms with Crippen molar-refractivity contribution in [2.75, 3.05) is 0 Å². The van der Waals surface area contributed by atoms with Crippen molar-refractivity contribution in [2.45, 2.75) is 40.5 Å². The Morgan fingerprint density at radius 2 is 0.920 bits per heavy atom. The Kier molecular flexibility index (Phi) is 9.77. The molecule has 3 rings (SSSR count). The Labute approximate surface area is 153 Å². The number of hydrogen-bond donors (Lipinski definition) is 1. The highest BCUT2D eigenvalue weighted by Crippen LogP contribution is 2.20. The number of benzene rings is 3. The summed E-state index contributed by atoms with van der Waals surface area (Å²) in [5.74, 6) is 0.322. The van der Waals surface area contributed by atoms with E-state index in [9.17, 15) is 0 Å². The summed E-state index contributed by atoms with van der Waals surface area (Å²) in [6.45, 7) is 8.37. The highest BCUT2D eigenvalue weighted by Gasteiger charge is 1.97. The van der Waals surface area contributed by atoms with Gasteiger partial charge >= 0.3 is 0 Å². The molecule has 0 saturated heterocycles. The monoisotopic (exact) mass is 334 g/mol. The smallest absolute Gasteiger partial charge is 0.115 e. The molecule has 0 spiro atoms. The van der Waals surface area contributed by atoms with E-state index in [1.807, 2.05) is 19.9 Å². The summed E-state index contributed by atoms with van der Waals surface area (Å²) in [5, 5.41) is 8.63. The Morgan fingerprint density at radius 1 is 0.560 bits per heavy atom. The third kappa shape index (κ3) is 7.26. The number of aromatic hydroxyl groups is 1. The molecule has 0 radical (unpaired) electrons. The van der Waals surface area contributed by atoms with E-state index in [4.69, 9.17) is 5.11 Å². The highest BCUT2D eigenvalue weighted by molar-refractivity contribution is 5.63. The number of phenols is 1. The van der Waals surface area contributed by atoms with Crippen LogP contribution in [0, 0.1) is 0 Å². The molecule has 0 atom stereocenters. The Bertz CT molecular complexity index is 637. The minimum Gasteiger partial charge on any atom is -0.508 e. The molecule has 3 aromatic rings. The van der Waals surface area contributed by atoms with E-state index in [0.717, 1.165) is 12.8 Å². The SMILES string of the molecule is CC.CCc1ccc(-c2ccc(CC)cc2)cc1.Oc1ccccc1. The van der Waals surface area contributed by atoms with Crippen LogP contribution in [-0.4, -0.2) is 5.11 Å². The van der Waals surface area contributed by atoms with Crippen LogP contribution in [0.2, 0.25) is 0 Å². The fourth-order valence-corrected chi connectivity index (χ4v) is 2.29. The second kappa shape index (κ2) is 11.9. The lowest BCUT2D eigenvalue weighted by Gasteiger charge is -2.04. The average molecular weight is 335 g/mol. The van der Waals surface area contributed by atoms with Crippen LogP contribution in [-0.2, 0) is 12.8 Å². The van der Waals surface area contributed by atoms with Gasteiger partial charge in [-0.05, 0) is 47.2 Å². The molecule has 0 aromatic heterocycles. The van der Waals surface area contributed by atoms with Crippen LogP contribution >= 0.6 is 0 Å². The molecule has 0 amide bonds. The molecule has 0 aliphatic heterocycles. The predicted molar refractivity (Wildman–Crippen MR) is 110 cm³/mol. The average Bonchev–Trinajstić information content (AvgIpc) is 2.71. The number of aryl methyl sites for hydroxylation is 2. The zero-order valence-corrected chi connectivity index (χ0v) is 15.9. The van der Waals surface area contributed by atoms with E-state index in [0.29, 0.717) is 5.75 Å². The first-order valence-electron chi connectivity index (χ1n) is 9.15. The van der Waals surface area contributed by atoms with Crippen LogP contribution in [0.3, 0.4) is 0 Å². The Balaban J connectivity index is 0.000000290. The topological polar surface area (TPSA) is 20.2 Å². The third-order valence-corrected chi connectivity index (χ3v) is 3.81. The van der Waals surface area contributed by atoms with Crippen LogP contribution < -0.4 is 0 Å². The van der Waals surface area contributed by atoms with E-state index in [1.54, 1.807) is 24.3 Å². The highest BCUT2D eigenvalue weighted by atomic mass is 16.3. The van der Waals surface area contributed by atoms with Gasteiger partial charge in [-0.1, -0.05) is 94.4 Å². The van der Waals surface area contributed by atoms with Gasteiger partial charge in [0.15, 0.2) is 0 Å². The first-order valence-corrected chi connectivity index (χ1v) is 9.15. The minimum atomic E-state index is 0.322. The molecule has 0 fully saturated rings. The minimum absolute atomic E-state index is 0.322. The molecular weight excluding hydrogens is 304 g/mol. The summed E-state index contributed by atoms with van der Waals surface area (Å²) < 4.78 is 0. The molecular formula is C24H30O. The lowest BCUT2D eigenvalue weighted by atomic mass is 10.0. The van der Waals surface area contributed by atoms with Crippen molar-refractivity contribution in [2.24, 2.45) is 0 Å². The molecule has 0 unspecified atom stereocenters. The Hall–Kier alpha value is -2.54. The zero-order valence-electron chi connectivity index (χ0n) is 15.9. The lowest BCUT2D eigenvalue weighted by molar-refractivity contribution is 0.475. The number of para-hydroxylation sites is 1. The normalized spacial score (nSPS) is 9.28. The fourth-order valence-electron chi connectivity index (χ4n) is 2.29. The van der Waals surface area contributed by atoms with Gasteiger partial charge in [-0.2, -0.15) is 0 Å². The van der Waals surface area contributed by atoms with Crippen LogP contribution in [0.5, 0.6) is 5.75 Å². The van der Waals surface area contributed by atoms with Crippen molar-refractivity contribution in [1.82, 2.24) is 0 Å². The lowest BCUT2D eigenvalue weighted by Crippen LogP contribution is -1.83. The second-order valence-electron chi connectivity index (χ2n) is 5.44. The second-order valence-corrected chi connectivity index (χ2v) is 5.44. The van der Waals surface area contributed by atoms with Gasteiger partial charge in [-0.15, -0.1) is 0 Å². The van der Waals surface area contributed by atoms with E-state index < -0.39 is 0 Å². The summed E-state index contributed by atoms with van der Waals surface area (Å²) in [6.07, 6.45) is 2.21. The molecule has 1 N–H and O–H groups in total. The molecule has 1 heteroatoms. The summed E-state index contributed by atoms with van der Waals surface area (Å²) >= 11 is 0. The van der Waals surface area contributed by atoms with Crippen LogP contribution in [0.1, 0.15) is 38.8 Å². The van der Waals surface area contributed by atoms with Crippen molar-refractivity contribution in [1.29, 1.82) is 0 Å². The van der Waals surface area contributed by atoms with E-state index in [2.05, 4.69) is 62.4 Å². The summed E-state index contributed by atoms with van der Waals surface area (Å²) in [4.78, 5) is 0. The molecule has 0 aliphatic rings. The first-order chi connectivity index (χ1) is 12.2. The quantitative estimate of drug-likeness (QED) is 0.552. The van der Waals surface area contributed by atoms with Crippen molar-refractivity contribution in [3.05, 3.63) is 90.0 Å². The summed E-state index contributed by atoms with van der Waals surface area (Å²) in [6, 6.07) is 26.4. The number of hydrogen-bond acceptors (Lipinski definition) is 1. The zero-order chi connectivity index (χ0) is 18.5. The standard InChI is InChI=1S/C16H18.C6H6O.C2H6/c1-3-13-5-9-15(10-6-13)16-11-7-14(4-2)8-12-16;7-6-4-2-1-3-5-6;1-2/h5-12H,3-4H2,1-2H3;1-5,7H;1-2H3. The van der Waals surface area contributed by atoms with Gasteiger partial charge in [-0.3, -0.25) is 0 Å². The van der Waals surface area contributed by atoms with Gasteiger partial charge in [0.1, 0.15) is 5.75 Å². The maximum Gasteiger partial charge on any atom is 0.115 e. The predicted octanol–water partition coefficient (Wildman–Crippen LogP) is 6.90. The fraction of sp³-hybridized carbons (Fsp3) is 0.250. The number of rotatable bonds is 3. The van der Waals surface area contributed by atoms with E-state index in [-0.39, 0.29) is 0 Å². The molecule has 0 bridgehead atoms. The van der Waals surface area contributed by atoms with Gasteiger partial charge < -0.3 is 5.11 Å². The van der Waals surface area contributed by atoms with Crippen molar-refractivity contribution in [3.63, 3.8) is 0 Å². The van der Waals surface area contributed by atoms with Crippen molar-refractivity contribution in [3.8, 4) is 16.9 Å². The van der Waals surface area contributed by atoms with Gasteiger partial charge in [0, 0.05) is 0 Å². The van der Waals surface area contributed by atoms with Crippen LogP contribution in [0.15, 0.2) is 78.9 Å². The van der Waals surface area contributed by atoms with Crippen molar-refractivity contribution >= 4 is 0 Å². The maximum absolute atomic E-state index is 8.63. The van der Waals surface area contributed by atoms with E-state index >= 15 is 0 Å². The Morgan fingerprint density at radius 3 is 1.16 bits per heavy atom. The van der Waals surface area contributed by atoms with Gasteiger partial charge in [0.2, 0.25) is 0 Å². The van der Waals surface area contributed by atoms with E-state index in [1.165, 1.54) is 22.3 Å². The molecule has 0 aliphatic carbocycles. The first kappa shape index (κ1) is 20.5.